The number of anilines is 1. The maximum atomic E-state index is 12.6. The molecule has 1 aromatic carbocycles. The van der Waals surface area contributed by atoms with E-state index in [2.05, 4.69) is 4.98 Å². The van der Waals surface area contributed by atoms with Gasteiger partial charge in [-0.3, -0.25) is 9.10 Å². The van der Waals surface area contributed by atoms with Gasteiger partial charge < -0.3 is 15.9 Å². The molecule has 1 fully saturated rings. The van der Waals surface area contributed by atoms with Crippen molar-refractivity contribution in [2.45, 2.75) is 32.6 Å². The summed E-state index contributed by atoms with van der Waals surface area (Å²) in [7, 11) is -3.59. The molecule has 0 radical (unpaired) electrons. The molecular formula is C23H28N4O4S. The first kappa shape index (κ1) is 22.3. The Bertz CT molecular complexity index is 1260. The van der Waals surface area contributed by atoms with Crippen molar-refractivity contribution in [1.29, 1.82) is 0 Å². The SMILES string of the molecule is Cc1ccc(-c2oc3nc(N(CCCN)S(C)(=O)=O)c(CC4CC4)cc3c2C(N)=O)cc1. The van der Waals surface area contributed by atoms with Crippen LogP contribution in [0.3, 0.4) is 0 Å². The van der Waals surface area contributed by atoms with Crippen molar-refractivity contribution in [3.05, 3.63) is 47.0 Å². The Morgan fingerprint density at radius 3 is 2.50 bits per heavy atom. The molecule has 4 rings (SSSR count). The zero-order valence-electron chi connectivity index (χ0n) is 18.3. The van der Waals surface area contributed by atoms with E-state index in [0.717, 1.165) is 30.2 Å². The fraction of sp³-hybridized carbons (Fsp3) is 0.391. The van der Waals surface area contributed by atoms with E-state index in [0.29, 0.717) is 47.8 Å². The van der Waals surface area contributed by atoms with E-state index in [4.69, 9.17) is 15.9 Å². The van der Waals surface area contributed by atoms with Gasteiger partial charge in [0.15, 0.2) is 0 Å². The van der Waals surface area contributed by atoms with Crippen LogP contribution in [-0.2, 0) is 16.4 Å². The minimum Gasteiger partial charge on any atom is -0.437 e. The predicted molar refractivity (Wildman–Crippen MR) is 125 cm³/mol. The summed E-state index contributed by atoms with van der Waals surface area (Å²) in [6.07, 6.45) is 4.50. The van der Waals surface area contributed by atoms with E-state index in [1.807, 2.05) is 37.3 Å². The highest BCUT2D eigenvalue weighted by molar-refractivity contribution is 7.92. The van der Waals surface area contributed by atoms with E-state index in [-0.39, 0.29) is 17.8 Å². The van der Waals surface area contributed by atoms with E-state index in [1.165, 1.54) is 4.31 Å². The van der Waals surface area contributed by atoms with Crippen molar-refractivity contribution >= 4 is 32.8 Å². The second kappa shape index (κ2) is 8.55. The first-order valence-electron chi connectivity index (χ1n) is 10.7. The topological polar surface area (TPSA) is 133 Å². The number of amides is 1. The van der Waals surface area contributed by atoms with Crippen molar-refractivity contribution in [3.63, 3.8) is 0 Å². The Morgan fingerprint density at radius 1 is 1.25 bits per heavy atom. The maximum Gasteiger partial charge on any atom is 0.253 e. The number of nitrogens with zero attached hydrogens (tertiary/aromatic N) is 2. The minimum absolute atomic E-state index is 0.185. The molecule has 8 nitrogen and oxygen atoms in total. The third-order valence-electron chi connectivity index (χ3n) is 5.71. The Balaban J connectivity index is 1.94. The number of primary amides is 1. The standard InChI is InChI=1S/C23H28N4O4S/c1-14-4-8-16(9-5-14)20-19(21(25)28)18-13-17(12-15-6-7-15)22(26-23(18)31-20)27(11-3-10-24)32(2,29)30/h4-5,8-9,13,15H,3,6-7,10-12,24H2,1-2H3,(H2,25,28). The lowest BCUT2D eigenvalue weighted by molar-refractivity contribution is 0.100. The lowest BCUT2D eigenvalue weighted by atomic mass is 10.0. The predicted octanol–water partition coefficient (Wildman–Crippen LogP) is 2.97. The average molecular weight is 457 g/mol. The summed E-state index contributed by atoms with van der Waals surface area (Å²) in [5.41, 5.74) is 14.4. The molecule has 1 saturated carbocycles. The van der Waals surface area contributed by atoms with Gasteiger partial charge in [-0.05, 0) is 56.7 Å². The molecule has 2 heterocycles. The molecule has 0 spiro atoms. The number of hydrogen-bond donors (Lipinski definition) is 2. The molecule has 2 aromatic heterocycles. The molecule has 3 aromatic rings. The van der Waals surface area contributed by atoms with Gasteiger partial charge in [-0.15, -0.1) is 0 Å². The number of rotatable bonds is 9. The molecule has 1 aliphatic rings. The number of aryl methyl sites for hydroxylation is 1. The van der Waals surface area contributed by atoms with Crippen LogP contribution >= 0.6 is 0 Å². The lowest BCUT2D eigenvalue weighted by Gasteiger charge is -2.23. The van der Waals surface area contributed by atoms with Crippen LogP contribution < -0.4 is 15.8 Å². The Kier molecular flexibility index (Phi) is 5.96. The number of aromatic nitrogens is 1. The van der Waals surface area contributed by atoms with Crippen LogP contribution in [0, 0.1) is 12.8 Å². The fourth-order valence-electron chi connectivity index (χ4n) is 3.87. The maximum absolute atomic E-state index is 12.6. The third kappa shape index (κ3) is 4.49. The average Bonchev–Trinajstić information content (AvgIpc) is 3.45. The second-order valence-corrected chi connectivity index (χ2v) is 10.4. The molecule has 1 amide bonds. The largest absolute Gasteiger partial charge is 0.437 e. The summed E-state index contributed by atoms with van der Waals surface area (Å²) in [4.78, 5) is 17.0. The van der Waals surface area contributed by atoms with Crippen LogP contribution in [0.4, 0.5) is 5.82 Å². The summed E-state index contributed by atoms with van der Waals surface area (Å²) >= 11 is 0. The third-order valence-corrected chi connectivity index (χ3v) is 6.86. The number of fused-ring (bicyclic) bond motifs is 1. The van der Waals surface area contributed by atoms with Crippen LogP contribution in [0.2, 0.25) is 0 Å². The van der Waals surface area contributed by atoms with E-state index in [9.17, 15) is 13.2 Å². The first-order chi connectivity index (χ1) is 15.2. The van der Waals surface area contributed by atoms with Crippen molar-refractivity contribution < 1.29 is 17.6 Å². The van der Waals surface area contributed by atoms with Gasteiger partial charge in [0.25, 0.3) is 5.91 Å². The Hall–Kier alpha value is -2.91. The number of nitrogens with two attached hydrogens (primary N) is 2. The summed E-state index contributed by atoms with van der Waals surface area (Å²) < 4.78 is 32.5. The fourth-order valence-corrected chi connectivity index (χ4v) is 4.80. The first-order valence-corrected chi connectivity index (χ1v) is 12.5. The van der Waals surface area contributed by atoms with Gasteiger partial charge in [-0.25, -0.2) is 8.42 Å². The summed E-state index contributed by atoms with van der Waals surface area (Å²) in [5, 5.41) is 0.500. The van der Waals surface area contributed by atoms with Crippen molar-refractivity contribution in [2.75, 3.05) is 23.7 Å². The van der Waals surface area contributed by atoms with Crippen LogP contribution in [0.5, 0.6) is 0 Å². The van der Waals surface area contributed by atoms with Gasteiger partial charge in [0.05, 0.1) is 17.2 Å². The lowest BCUT2D eigenvalue weighted by Crippen LogP contribution is -2.33. The number of hydrogen-bond acceptors (Lipinski definition) is 6. The molecular weight excluding hydrogens is 428 g/mol. The number of carbonyl (C=O) groups is 1. The second-order valence-electron chi connectivity index (χ2n) is 8.49. The number of carbonyl (C=O) groups excluding carboxylic acids is 1. The normalized spacial score (nSPS) is 14.1. The van der Waals surface area contributed by atoms with Crippen LogP contribution in [-0.4, -0.2) is 38.7 Å². The van der Waals surface area contributed by atoms with E-state index >= 15 is 0 Å². The molecule has 9 heteroatoms. The highest BCUT2D eigenvalue weighted by atomic mass is 32.2. The van der Waals surface area contributed by atoms with Gasteiger partial charge in [-0.1, -0.05) is 29.8 Å². The van der Waals surface area contributed by atoms with Crippen LogP contribution in [0.25, 0.3) is 22.4 Å². The molecule has 1 aliphatic carbocycles. The molecule has 0 bridgehead atoms. The van der Waals surface area contributed by atoms with Gasteiger partial charge in [-0.2, -0.15) is 4.98 Å². The highest BCUT2D eigenvalue weighted by Crippen LogP contribution is 2.39. The summed E-state index contributed by atoms with van der Waals surface area (Å²) in [5.74, 6) is 0.529. The molecule has 0 saturated heterocycles. The summed E-state index contributed by atoms with van der Waals surface area (Å²) in [6.45, 7) is 2.55. The molecule has 170 valence electrons. The Labute approximate surface area is 187 Å². The molecule has 0 aliphatic heterocycles. The van der Waals surface area contributed by atoms with E-state index < -0.39 is 15.9 Å². The van der Waals surface area contributed by atoms with Crippen molar-refractivity contribution in [2.24, 2.45) is 17.4 Å². The van der Waals surface area contributed by atoms with Crippen LogP contribution in [0.1, 0.15) is 40.7 Å². The van der Waals surface area contributed by atoms with Gasteiger partial charge in [0.1, 0.15) is 11.6 Å². The van der Waals surface area contributed by atoms with Gasteiger partial charge >= 0.3 is 0 Å². The zero-order chi connectivity index (χ0) is 23.0. The number of sulfonamides is 1. The van der Waals surface area contributed by atoms with Crippen molar-refractivity contribution in [1.82, 2.24) is 4.98 Å². The van der Waals surface area contributed by atoms with Gasteiger partial charge in [0, 0.05) is 12.1 Å². The summed E-state index contributed by atoms with van der Waals surface area (Å²) in [6, 6.07) is 9.37. The molecule has 0 unspecified atom stereocenters. The van der Waals surface area contributed by atoms with E-state index in [1.54, 1.807) is 0 Å². The number of pyridine rings is 1. The highest BCUT2D eigenvalue weighted by Gasteiger charge is 2.30. The quantitative estimate of drug-likeness (QED) is 0.509. The molecule has 0 atom stereocenters. The van der Waals surface area contributed by atoms with Crippen molar-refractivity contribution in [3.8, 4) is 11.3 Å². The monoisotopic (exact) mass is 456 g/mol. The smallest absolute Gasteiger partial charge is 0.253 e. The number of furan rings is 1. The molecule has 4 N–H and O–H groups in total. The number of benzene rings is 1. The molecule has 32 heavy (non-hydrogen) atoms. The zero-order valence-corrected chi connectivity index (χ0v) is 19.1. The van der Waals surface area contributed by atoms with Crippen LogP contribution in [0.15, 0.2) is 34.7 Å². The minimum atomic E-state index is -3.59. The van der Waals surface area contributed by atoms with Gasteiger partial charge in [0.2, 0.25) is 15.7 Å². The Morgan fingerprint density at radius 2 is 1.94 bits per heavy atom.